The van der Waals surface area contributed by atoms with Gasteiger partial charge >= 0.3 is 0 Å². The largest absolute Gasteiger partial charge is 0.441 e. The molecule has 2 rings (SSSR count). The fourth-order valence-electron chi connectivity index (χ4n) is 2.20. The van der Waals surface area contributed by atoms with Crippen LogP contribution in [0.4, 0.5) is 0 Å². The lowest BCUT2D eigenvalue weighted by molar-refractivity contribution is 0.332. The van der Waals surface area contributed by atoms with Gasteiger partial charge in [-0.3, -0.25) is 0 Å². The third-order valence-corrected chi connectivity index (χ3v) is 3.31. The Morgan fingerprint density at radius 1 is 1.32 bits per heavy atom. The second-order valence-corrected chi connectivity index (χ2v) is 5.05. The van der Waals surface area contributed by atoms with Crippen molar-refractivity contribution >= 4 is 11.1 Å². The van der Waals surface area contributed by atoms with Crippen molar-refractivity contribution in [3.8, 4) is 0 Å². The van der Waals surface area contributed by atoms with E-state index in [-0.39, 0.29) is 0 Å². The first kappa shape index (κ1) is 14.0. The summed E-state index contributed by atoms with van der Waals surface area (Å²) in [5.41, 5.74) is 3.15. The summed E-state index contributed by atoms with van der Waals surface area (Å²) < 4.78 is 5.56. The predicted octanol–water partition coefficient (Wildman–Crippen LogP) is 2.22. The first-order valence-corrected chi connectivity index (χ1v) is 6.88. The van der Waals surface area contributed by atoms with Crippen LogP contribution in [0.2, 0.25) is 0 Å². The van der Waals surface area contributed by atoms with Gasteiger partial charge in [0.2, 0.25) is 0 Å². The Hall–Kier alpha value is -1.39. The van der Waals surface area contributed by atoms with E-state index in [4.69, 9.17) is 4.42 Å². The lowest BCUT2D eigenvalue weighted by Crippen LogP contribution is -2.24. The molecule has 0 radical (unpaired) electrons. The molecule has 0 unspecified atom stereocenters. The minimum Gasteiger partial charge on any atom is -0.441 e. The predicted molar refractivity (Wildman–Crippen MR) is 78.5 cm³/mol. The van der Waals surface area contributed by atoms with E-state index in [0.717, 1.165) is 43.0 Å². The molecule has 2 aromatic rings. The average molecular weight is 261 g/mol. The number of oxazole rings is 1. The van der Waals surface area contributed by atoms with E-state index in [9.17, 15) is 0 Å². The number of nitrogens with one attached hydrogen (secondary N) is 1. The summed E-state index contributed by atoms with van der Waals surface area (Å²) in [6.45, 7) is 5.16. The highest BCUT2D eigenvalue weighted by Gasteiger charge is 2.04. The maximum atomic E-state index is 5.56. The molecular weight excluding hydrogens is 238 g/mol. The number of hydrogen-bond acceptors (Lipinski definition) is 4. The summed E-state index contributed by atoms with van der Waals surface area (Å²) in [5, 5.41) is 3.17. The number of aromatic nitrogens is 1. The van der Waals surface area contributed by atoms with E-state index in [1.54, 1.807) is 0 Å². The van der Waals surface area contributed by atoms with Crippen molar-refractivity contribution in [1.29, 1.82) is 0 Å². The average Bonchev–Trinajstić information content (AvgIpc) is 2.76. The van der Waals surface area contributed by atoms with E-state index >= 15 is 0 Å². The van der Waals surface area contributed by atoms with E-state index in [1.165, 1.54) is 12.0 Å². The van der Waals surface area contributed by atoms with Crippen LogP contribution < -0.4 is 5.32 Å². The molecule has 1 heterocycles. The topological polar surface area (TPSA) is 41.3 Å². The zero-order valence-corrected chi connectivity index (χ0v) is 12.1. The Bertz CT molecular complexity index is 521. The van der Waals surface area contributed by atoms with Crippen molar-refractivity contribution in [3.63, 3.8) is 0 Å². The van der Waals surface area contributed by atoms with Gasteiger partial charge in [-0.1, -0.05) is 6.07 Å². The number of rotatable bonds is 7. The Labute approximate surface area is 114 Å². The molecule has 0 atom stereocenters. The molecule has 4 nitrogen and oxygen atoms in total. The number of nitrogens with zero attached hydrogens (tertiary/aromatic N) is 2. The fraction of sp³-hybridized carbons (Fsp3) is 0.533. The van der Waals surface area contributed by atoms with Crippen molar-refractivity contribution in [1.82, 2.24) is 15.2 Å². The van der Waals surface area contributed by atoms with E-state index in [2.05, 4.69) is 34.4 Å². The second kappa shape index (κ2) is 6.68. The van der Waals surface area contributed by atoms with Gasteiger partial charge in [-0.25, -0.2) is 4.98 Å². The lowest BCUT2D eigenvalue weighted by atomic mass is 10.1. The monoisotopic (exact) mass is 261 g/mol. The van der Waals surface area contributed by atoms with E-state index < -0.39 is 0 Å². The molecule has 1 aromatic heterocycles. The molecule has 1 N–H and O–H groups in total. The van der Waals surface area contributed by atoms with Gasteiger partial charge in [-0.05, 0) is 57.7 Å². The molecule has 104 valence electrons. The third-order valence-electron chi connectivity index (χ3n) is 3.31. The summed E-state index contributed by atoms with van der Waals surface area (Å²) in [6, 6.07) is 6.30. The van der Waals surface area contributed by atoms with Crippen molar-refractivity contribution in [2.24, 2.45) is 0 Å². The Balaban J connectivity index is 1.87. The highest BCUT2D eigenvalue weighted by Crippen LogP contribution is 2.17. The molecule has 0 bridgehead atoms. The van der Waals surface area contributed by atoms with Gasteiger partial charge in [-0.15, -0.1) is 0 Å². The maximum absolute atomic E-state index is 5.56. The summed E-state index contributed by atoms with van der Waals surface area (Å²) >= 11 is 0. The highest BCUT2D eigenvalue weighted by molar-refractivity contribution is 5.73. The second-order valence-electron chi connectivity index (χ2n) is 5.05. The van der Waals surface area contributed by atoms with Gasteiger partial charge in [0.25, 0.3) is 0 Å². The zero-order valence-electron chi connectivity index (χ0n) is 12.1. The van der Waals surface area contributed by atoms with Crippen LogP contribution >= 0.6 is 0 Å². The Morgan fingerprint density at radius 3 is 2.95 bits per heavy atom. The van der Waals surface area contributed by atoms with Gasteiger partial charge in [0.1, 0.15) is 5.52 Å². The summed E-state index contributed by atoms with van der Waals surface area (Å²) in [7, 11) is 4.17. The molecule has 0 aliphatic rings. The molecule has 0 saturated heterocycles. The quantitative estimate of drug-likeness (QED) is 0.776. The summed E-state index contributed by atoms with van der Waals surface area (Å²) in [6.07, 6.45) is 2.24. The molecule has 0 fully saturated rings. The normalized spacial score (nSPS) is 11.6. The number of hydrogen-bond donors (Lipinski definition) is 1. The van der Waals surface area contributed by atoms with Crippen molar-refractivity contribution in [2.45, 2.75) is 19.8 Å². The van der Waals surface area contributed by atoms with Crippen LogP contribution in [0.5, 0.6) is 0 Å². The molecule has 0 aliphatic carbocycles. The zero-order chi connectivity index (χ0) is 13.7. The summed E-state index contributed by atoms with van der Waals surface area (Å²) in [4.78, 5) is 6.68. The minimum absolute atomic E-state index is 0.733. The van der Waals surface area contributed by atoms with Crippen LogP contribution in [0.1, 0.15) is 17.9 Å². The van der Waals surface area contributed by atoms with Crippen molar-refractivity contribution in [2.75, 3.05) is 33.7 Å². The van der Waals surface area contributed by atoms with Crippen molar-refractivity contribution in [3.05, 3.63) is 29.7 Å². The smallest absolute Gasteiger partial charge is 0.192 e. The lowest BCUT2D eigenvalue weighted by Gasteiger charge is -2.16. The molecule has 19 heavy (non-hydrogen) atoms. The molecular formula is C15H23N3O. The van der Waals surface area contributed by atoms with Crippen molar-refractivity contribution < 1.29 is 4.42 Å². The maximum Gasteiger partial charge on any atom is 0.192 e. The van der Waals surface area contributed by atoms with Gasteiger partial charge in [-0.2, -0.15) is 0 Å². The number of fused-ring (bicyclic) bond motifs is 1. The van der Waals surface area contributed by atoms with Crippen LogP contribution in [-0.4, -0.2) is 43.6 Å². The molecule has 0 saturated carbocycles. The van der Waals surface area contributed by atoms with Crippen LogP contribution in [0, 0.1) is 6.92 Å². The number of likely N-dealkylation sites (N-methyl/N-ethyl adjacent to an activating group) is 1. The molecule has 4 heteroatoms. The minimum atomic E-state index is 0.733. The Kier molecular flexibility index (Phi) is 4.93. The molecule has 0 aliphatic heterocycles. The van der Waals surface area contributed by atoms with Gasteiger partial charge < -0.3 is 14.6 Å². The van der Waals surface area contributed by atoms with E-state index in [1.807, 2.05) is 20.0 Å². The molecule has 0 spiro atoms. The fourth-order valence-corrected chi connectivity index (χ4v) is 2.20. The number of benzene rings is 1. The van der Waals surface area contributed by atoms with Gasteiger partial charge in [0.05, 0.1) is 0 Å². The van der Waals surface area contributed by atoms with Gasteiger partial charge in [0.15, 0.2) is 11.5 Å². The van der Waals surface area contributed by atoms with Crippen LogP contribution in [-0.2, 0) is 6.42 Å². The van der Waals surface area contributed by atoms with Crippen LogP contribution in [0.15, 0.2) is 22.6 Å². The first-order chi connectivity index (χ1) is 9.19. The molecule has 0 amide bonds. The number of aryl methyl sites for hydroxylation is 1. The summed E-state index contributed by atoms with van der Waals surface area (Å²) in [5.74, 6) is 0.733. The first-order valence-electron chi connectivity index (χ1n) is 6.88. The Morgan fingerprint density at radius 2 is 2.16 bits per heavy atom. The third kappa shape index (κ3) is 4.04. The molecule has 1 aromatic carbocycles. The highest BCUT2D eigenvalue weighted by atomic mass is 16.3. The van der Waals surface area contributed by atoms with E-state index in [0.29, 0.717) is 0 Å². The van der Waals surface area contributed by atoms with Gasteiger partial charge in [0, 0.05) is 13.5 Å². The van der Waals surface area contributed by atoms with Crippen LogP contribution in [0.25, 0.3) is 11.1 Å². The SMILES string of the molecule is CNCCCN(C)CCc1ccc2nc(C)oc2c1. The van der Waals surface area contributed by atoms with Crippen LogP contribution in [0.3, 0.4) is 0 Å². The standard InChI is InChI=1S/C15H23N3O/c1-12-17-14-6-5-13(11-15(14)19-12)7-10-18(3)9-4-8-16-2/h5-6,11,16H,4,7-10H2,1-3H3.